The van der Waals surface area contributed by atoms with Crippen molar-refractivity contribution in [2.75, 3.05) is 11.4 Å². The van der Waals surface area contributed by atoms with Crippen LogP contribution in [0.5, 0.6) is 5.75 Å². The van der Waals surface area contributed by atoms with Crippen LogP contribution in [0.3, 0.4) is 0 Å². The minimum Gasteiger partial charge on any atom is -0.487 e. The van der Waals surface area contributed by atoms with Gasteiger partial charge < -0.3 is 14.7 Å². The van der Waals surface area contributed by atoms with Crippen LogP contribution in [0.1, 0.15) is 5.56 Å². The highest BCUT2D eigenvalue weighted by atomic mass is 35.5. The first-order valence-corrected chi connectivity index (χ1v) is 7.95. The van der Waals surface area contributed by atoms with Gasteiger partial charge in [0.2, 0.25) is 0 Å². The number of rotatable bonds is 5. The van der Waals surface area contributed by atoms with Crippen molar-refractivity contribution in [3.8, 4) is 5.75 Å². The van der Waals surface area contributed by atoms with E-state index in [2.05, 4.69) is 0 Å². The molecule has 1 aliphatic heterocycles. The number of carboxylic acids is 1. The maximum Gasteiger partial charge on any atom is 0.333 e. The summed E-state index contributed by atoms with van der Waals surface area (Å²) in [6, 6.07) is 11.4. The van der Waals surface area contributed by atoms with Gasteiger partial charge in [-0.1, -0.05) is 23.7 Å². The number of benzene rings is 2. The SMILES string of the molecule is O=C(O)C1=CC=CN(c2ccccc2OCc2cc(F)ccc2Cl)C1. The second kappa shape index (κ2) is 7.40. The molecule has 1 heterocycles. The third kappa shape index (κ3) is 4.00. The van der Waals surface area contributed by atoms with Crippen LogP contribution < -0.4 is 9.64 Å². The Kier molecular flexibility index (Phi) is 5.05. The molecule has 2 aromatic rings. The van der Waals surface area contributed by atoms with Crippen LogP contribution in [0.4, 0.5) is 10.1 Å². The van der Waals surface area contributed by atoms with Crippen molar-refractivity contribution in [1.29, 1.82) is 0 Å². The first-order chi connectivity index (χ1) is 12.0. The zero-order chi connectivity index (χ0) is 17.8. The molecule has 128 valence electrons. The molecular weight excluding hydrogens is 345 g/mol. The molecule has 0 saturated carbocycles. The van der Waals surface area contributed by atoms with Gasteiger partial charge in [-0.3, -0.25) is 0 Å². The second-order valence-electron chi connectivity index (χ2n) is 5.46. The highest BCUT2D eigenvalue weighted by Gasteiger charge is 2.17. The fourth-order valence-electron chi connectivity index (χ4n) is 2.48. The number of carbonyl (C=O) groups is 1. The van der Waals surface area contributed by atoms with Gasteiger partial charge in [0.05, 0.1) is 17.8 Å². The highest BCUT2D eigenvalue weighted by molar-refractivity contribution is 6.31. The summed E-state index contributed by atoms with van der Waals surface area (Å²) in [5.74, 6) is -0.787. The number of hydrogen-bond acceptors (Lipinski definition) is 3. The van der Waals surface area contributed by atoms with Gasteiger partial charge in [-0.05, 0) is 42.5 Å². The summed E-state index contributed by atoms with van der Waals surface area (Å²) in [6.45, 7) is 0.333. The summed E-state index contributed by atoms with van der Waals surface area (Å²) in [7, 11) is 0. The summed E-state index contributed by atoms with van der Waals surface area (Å²) < 4.78 is 19.2. The van der Waals surface area contributed by atoms with Crippen LogP contribution in [0.25, 0.3) is 0 Å². The third-order valence-corrected chi connectivity index (χ3v) is 4.11. The predicted octanol–water partition coefficient (Wildman–Crippen LogP) is 4.40. The number of para-hydroxylation sites is 2. The Hall–Kier alpha value is -2.79. The van der Waals surface area contributed by atoms with Gasteiger partial charge in [0, 0.05) is 16.8 Å². The molecule has 0 amide bonds. The van der Waals surface area contributed by atoms with Gasteiger partial charge >= 0.3 is 5.97 Å². The van der Waals surface area contributed by atoms with Crippen molar-refractivity contribution in [3.05, 3.63) is 82.8 Å². The van der Waals surface area contributed by atoms with Crippen LogP contribution in [-0.4, -0.2) is 17.6 Å². The molecule has 25 heavy (non-hydrogen) atoms. The topological polar surface area (TPSA) is 49.8 Å². The van der Waals surface area contributed by atoms with Crippen molar-refractivity contribution in [1.82, 2.24) is 0 Å². The Labute approximate surface area is 149 Å². The summed E-state index contributed by atoms with van der Waals surface area (Å²) in [4.78, 5) is 13.0. The van der Waals surface area contributed by atoms with E-state index in [4.69, 9.17) is 16.3 Å². The molecule has 0 bridgehead atoms. The monoisotopic (exact) mass is 359 g/mol. The Balaban J connectivity index is 1.80. The molecule has 0 aromatic heterocycles. The van der Waals surface area contributed by atoms with Gasteiger partial charge in [0.1, 0.15) is 18.2 Å². The van der Waals surface area contributed by atoms with Gasteiger partial charge in [-0.2, -0.15) is 0 Å². The van der Waals surface area contributed by atoms with Crippen LogP contribution in [-0.2, 0) is 11.4 Å². The fourth-order valence-corrected chi connectivity index (χ4v) is 2.65. The van der Waals surface area contributed by atoms with Crippen LogP contribution in [0, 0.1) is 5.82 Å². The lowest BCUT2D eigenvalue weighted by Gasteiger charge is -2.25. The number of hydrogen-bond donors (Lipinski definition) is 1. The van der Waals surface area contributed by atoms with Gasteiger partial charge in [0.25, 0.3) is 0 Å². The smallest absolute Gasteiger partial charge is 0.333 e. The molecule has 0 fully saturated rings. The number of nitrogens with zero attached hydrogens (tertiary/aromatic N) is 1. The van der Waals surface area contributed by atoms with Gasteiger partial charge in [-0.15, -0.1) is 0 Å². The van der Waals surface area contributed by atoms with E-state index >= 15 is 0 Å². The van der Waals surface area contributed by atoms with Crippen molar-refractivity contribution < 1.29 is 19.0 Å². The average molecular weight is 360 g/mol. The zero-order valence-electron chi connectivity index (χ0n) is 13.2. The Bertz CT molecular complexity index is 863. The van der Waals surface area contributed by atoms with Crippen molar-refractivity contribution >= 4 is 23.3 Å². The largest absolute Gasteiger partial charge is 0.487 e. The van der Waals surface area contributed by atoms with Crippen molar-refractivity contribution in [2.45, 2.75) is 6.61 Å². The number of ether oxygens (including phenoxy) is 1. The molecule has 3 rings (SSSR count). The normalized spacial score (nSPS) is 13.5. The zero-order valence-corrected chi connectivity index (χ0v) is 13.9. The van der Waals surface area contributed by atoms with E-state index in [0.717, 1.165) is 5.69 Å². The number of anilines is 1. The average Bonchev–Trinajstić information content (AvgIpc) is 2.63. The minimum absolute atomic E-state index is 0.104. The van der Waals surface area contributed by atoms with E-state index in [9.17, 15) is 14.3 Å². The molecule has 0 atom stereocenters. The first kappa shape index (κ1) is 17.0. The quantitative estimate of drug-likeness (QED) is 0.859. The van der Waals surface area contributed by atoms with E-state index in [0.29, 0.717) is 16.3 Å². The lowest BCUT2D eigenvalue weighted by atomic mass is 10.1. The van der Waals surface area contributed by atoms with E-state index < -0.39 is 5.97 Å². The third-order valence-electron chi connectivity index (χ3n) is 3.74. The second-order valence-corrected chi connectivity index (χ2v) is 5.87. The van der Waals surface area contributed by atoms with Crippen molar-refractivity contribution in [2.24, 2.45) is 0 Å². The first-order valence-electron chi connectivity index (χ1n) is 7.57. The molecule has 0 unspecified atom stereocenters. The molecular formula is C19H15ClFNO3. The number of carboxylic acid groups (broad SMARTS) is 1. The molecule has 2 aromatic carbocycles. The predicted molar refractivity (Wildman–Crippen MR) is 94.4 cm³/mol. The lowest BCUT2D eigenvalue weighted by Crippen LogP contribution is -2.25. The molecule has 0 aliphatic carbocycles. The Morgan fingerprint density at radius 1 is 1.28 bits per heavy atom. The van der Waals surface area contributed by atoms with E-state index in [1.165, 1.54) is 18.2 Å². The Morgan fingerprint density at radius 3 is 2.88 bits per heavy atom. The van der Waals surface area contributed by atoms with Crippen LogP contribution in [0.15, 0.2) is 66.4 Å². The van der Waals surface area contributed by atoms with Crippen LogP contribution in [0.2, 0.25) is 5.02 Å². The maximum atomic E-state index is 13.4. The summed E-state index contributed by atoms with van der Waals surface area (Å²) in [6.07, 6.45) is 5.02. The van der Waals surface area contributed by atoms with Crippen LogP contribution >= 0.6 is 11.6 Å². The highest BCUT2D eigenvalue weighted by Crippen LogP contribution is 2.31. The molecule has 1 N–H and O–H groups in total. The summed E-state index contributed by atoms with van der Waals surface area (Å²) in [5, 5.41) is 9.59. The molecule has 6 heteroatoms. The number of allylic oxidation sites excluding steroid dienone is 2. The molecule has 0 spiro atoms. The number of halogens is 2. The maximum absolute atomic E-state index is 13.4. The van der Waals surface area contributed by atoms with E-state index in [1.807, 2.05) is 18.2 Å². The fraction of sp³-hybridized carbons (Fsp3) is 0.105. The molecule has 1 aliphatic rings. The van der Waals surface area contributed by atoms with E-state index in [1.54, 1.807) is 29.3 Å². The summed E-state index contributed by atoms with van der Waals surface area (Å²) >= 11 is 6.06. The molecule has 0 radical (unpaired) electrons. The standard InChI is InChI=1S/C19H15ClFNO3/c20-16-8-7-15(21)10-14(16)12-25-18-6-2-1-5-17(18)22-9-3-4-13(11-22)19(23)24/h1-10H,11-12H2,(H,23,24). The number of aliphatic carboxylic acids is 1. The minimum atomic E-state index is -0.959. The molecule has 4 nitrogen and oxygen atoms in total. The van der Waals surface area contributed by atoms with Crippen molar-refractivity contribution in [3.63, 3.8) is 0 Å². The lowest BCUT2D eigenvalue weighted by molar-refractivity contribution is -0.132. The Morgan fingerprint density at radius 2 is 2.08 bits per heavy atom. The van der Waals surface area contributed by atoms with Gasteiger partial charge in [-0.25, -0.2) is 9.18 Å². The van der Waals surface area contributed by atoms with Gasteiger partial charge in [0.15, 0.2) is 0 Å². The van der Waals surface area contributed by atoms with E-state index in [-0.39, 0.29) is 24.5 Å². The summed E-state index contributed by atoms with van der Waals surface area (Å²) in [5.41, 5.74) is 1.54. The molecule has 0 saturated heterocycles.